The molecule has 2 rings (SSSR count). The van der Waals surface area contributed by atoms with Crippen LogP contribution in [0.2, 0.25) is 0 Å². The Labute approximate surface area is 185 Å². The predicted molar refractivity (Wildman–Crippen MR) is 119 cm³/mol. The van der Waals surface area contributed by atoms with Gasteiger partial charge in [-0.25, -0.2) is 24.5 Å². The number of anilines is 1. The van der Waals surface area contributed by atoms with Crippen molar-refractivity contribution in [2.24, 2.45) is 16.5 Å². The van der Waals surface area contributed by atoms with Crippen LogP contribution >= 0.6 is 0 Å². The Morgan fingerprint density at radius 3 is 2.69 bits per heavy atom. The van der Waals surface area contributed by atoms with Gasteiger partial charge >= 0.3 is 12.1 Å². The van der Waals surface area contributed by atoms with Gasteiger partial charge in [-0.2, -0.15) is 0 Å². The number of hydrogen-bond donors (Lipinski definition) is 4. The number of nitrogens with zero attached hydrogens (tertiary/aromatic N) is 6. The molecule has 0 saturated heterocycles. The van der Waals surface area contributed by atoms with Crippen molar-refractivity contribution in [3.05, 3.63) is 12.7 Å². The van der Waals surface area contributed by atoms with E-state index in [-0.39, 0.29) is 25.5 Å². The molecule has 13 nitrogen and oxygen atoms in total. The summed E-state index contributed by atoms with van der Waals surface area (Å²) < 4.78 is 7.06. The van der Waals surface area contributed by atoms with Crippen molar-refractivity contribution in [3.8, 4) is 0 Å². The highest BCUT2D eigenvalue weighted by molar-refractivity contribution is 5.83. The number of carbonyl (C=O) groups is 2. The lowest BCUT2D eigenvalue weighted by atomic mass is 10.1. The van der Waals surface area contributed by atoms with Crippen molar-refractivity contribution in [1.29, 1.82) is 0 Å². The number of aryl methyl sites for hydroxylation is 1. The molecule has 2 aromatic heterocycles. The Kier molecular flexibility index (Phi) is 9.44. The van der Waals surface area contributed by atoms with Crippen molar-refractivity contribution < 1.29 is 19.4 Å². The van der Waals surface area contributed by atoms with Gasteiger partial charge in [0.25, 0.3) is 0 Å². The molecule has 1 amide bonds. The fourth-order valence-electron chi connectivity index (χ4n) is 3.03. The van der Waals surface area contributed by atoms with Crippen LogP contribution in [-0.2, 0) is 16.1 Å². The first-order valence-electron chi connectivity index (χ1n) is 10.3. The third-order valence-corrected chi connectivity index (χ3v) is 4.62. The highest BCUT2D eigenvalue weighted by Gasteiger charge is 2.20. The summed E-state index contributed by atoms with van der Waals surface area (Å²) in [6.45, 7) is 1.21. The third kappa shape index (κ3) is 7.56. The number of carbonyl (C=O) groups excluding carboxylic acids is 1. The van der Waals surface area contributed by atoms with Gasteiger partial charge in [-0.15, -0.1) is 0 Å². The van der Waals surface area contributed by atoms with E-state index >= 15 is 0 Å². The largest absolute Gasteiger partial charge is 0.480 e. The number of nitrogens with one attached hydrogen (secondary N) is 1. The number of hydrogen-bond acceptors (Lipinski definition) is 8. The predicted octanol–water partition coefficient (Wildman–Crippen LogP) is 0.296. The van der Waals surface area contributed by atoms with Crippen molar-refractivity contribution in [2.75, 3.05) is 32.1 Å². The fraction of sp³-hybridized carbons (Fsp3) is 0.579. The zero-order chi connectivity index (χ0) is 23.5. The van der Waals surface area contributed by atoms with E-state index in [1.807, 2.05) is 23.6 Å². The van der Waals surface area contributed by atoms with E-state index in [2.05, 4.69) is 25.3 Å². The summed E-state index contributed by atoms with van der Waals surface area (Å²) in [6, 6.07) is -1.06. The molecule has 6 N–H and O–H groups in total. The van der Waals surface area contributed by atoms with Crippen LogP contribution in [0.1, 0.15) is 32.1 Å². The number of unbranched alkanes of at least 4 members (excludes halogenated alkanes) is 2. The first-order valence-corrected chi connectivity index (χ1v) is 10.3. The minimum atomic E-state index is -1.14. The molecule has 0 fully saturated rings. The van der Waals surface area contributed by atoms with Gasteiger partial charge < -0.3 is 36.1 Å². The number of fused-ring (bicyclic) bond motifs is 1. The molecule has 0 bridgehead atoms. The zero-order valence-corrected chi connectivity index (χ0v) is 18.4. The molecule has 0 aromatic carbocycles. The van der Waals surface area contributed by atoms with Crippen LogP contribution in [0.4, 0.5) is 10.6 Å². The molecule has 0 aliphatic heterocycles. The topological polar surface area (TPSA) is 187 Å². The Bertz CT molecular complexity index is 925. The maximum atomic E-state index is 11.9. The highest BCUT2D eigenvalue weighted by atomic mass is 16.5. The number of aliphatic carboxylic acids is 1. The highest BCUT2D eigenvalue weighted by Crippen LogP contribution is 2.19. The molecule has 0 spiro atoms. The van der Waals surface area contributed by atoms with E-state index in [4.69, 9.17) is 16.2 Å². The standard InChI is InChI=1S/C19H31N9O4/c1-27(2)15-14-16(24-11-23-15)28(12-25-14)9-4-3-5-10-32-19(31)26-13(17(29)30)7-6-8-22-18(20)21/h11-13H,3-10H2,1-2H3,(H,26,31)(H,29,30)(H4,20,21,22)/t13-/m0/s1. The van der Waals surface area contributed by atoms with E-state index < -0.39 is 18.1 Å². The second-order valence-electron chi connectivity index (χ2n) is 7.38. The molecule has 0 unspecified atom stereocenters. The van der Waals surface area contributed by atoms with Gasteiger partial charge in [0.1, 0.15) is 12.4 Å². The average molecular weight is 450 g/mol. The summed E-state index contributed by atoms with van der Waals surface area (Å²) >= 11 is 0. The molecule has 2 aromatic rings. The molecule has 13 heteroatoms. The molecule has 0 aliphatic carbocycles. The van der Waals surface area contributed by atoms with E-state index in [0.717, 1.165) is 36.4 Å². The smallest absolute Gasteiger partial charge is 0.407 e. The van der Waals surface area contributed by atoms with Crippen LogP contribution in [0.5, 0.6) is 0 Å². The first kappa shape index (κ1) is 24.6. The number of amides is 1. The number of aliphatic imine (C=N–C) groups is 1. The van der Waals surface area contributed by atoms with Crippen molar-refractivity contribution >= 4 is 35.0 Å². The quantitative estimate of drug-likeness (QED) is 0.188. The number of alkyl carbamates (subject to hydrolysis) is 1. The van der Waals surface area contributed by atoms with Crippen LogP contribution in [0.3, 0.4) is 0 Å². The number of carboxylic acid groups (broad SMARTS) is 1. The SMILES string of the molecule is CN(C)c1ncnc2c1ncn2CCCCCOC(=O)N[C@@H](CCCN=C(N)N)C(=O)O. The molecule has 32 heavy (non-hydrogen) atoms. The van der Waals surface area contributed by atoms with Crippen LogP contribution in [-0.4, -0.2) is 75.9 Å². The summed E-state index contributed by atoms with van der Waals surface area (Å²) in [6.07, 6.45) is 5.44. The van der Waals surface area contributed by atoms with E-state index in [0.29, 0.717) is 12.8 Å². The molecule has 2 heterocycles. The van der Waals surface area contributed by atoms with Crippen molar-refractivity contribution in [3.63, 3.8) is 0 Å². The fourth-order valence-corrected chi connectivity index (χ4v) is 3.03. The van der Waals surface area contributed by atoms with Gasteiger partial charge in [-0.05, 0) is 32.1 Å². The summed E-state index contributed by atoms with van der Waals surface area (Å²) in [5, 5.41) is 11.6. The monoisotopic (exact) mass is 449 g/mol. The van der Waals surface area contributed by atoms with Gasteiger partial charge in [0.2, 0.25) is 0 Å². The Balaban J connectivity index is 1.67. The number of carboxylic acids is 1. The molecule has 176 valence electrons. The second kappa shape index (κ2) is 12.3. The van der Waals surface area contributed by atoms with Crippen LogP contribution < -0.4 is 21.7 Å². The molecule has 0 saturated carbocycles. The molecule has 1 atom stereocenters. The number of guanidine groups is 1. The lowest BCUT2D eigenvalue weighted by Gasteiger charge is -2.14. The minimum Gasteiger partial charge on any atom is -0.480 e. The van der Waals surface area contributed by atoms with Gasteiger partial charge in [-0.3, -0.25) is 4.99 Å². The van der Waals surface area contributed by atoms with Crippen molar-refractivity contribution in [2.45, 2.75) is 44.7 Å². The van der Waals surface area contributed by atoms with Crippen LogP contribution in [0.15, 0.2) is 17.6 Å². The molecular weight excluding hydrogens is 418 g/mol. The maximum Gasteiger partial charge on any atom is 0.407 e. The number of aromatic nitrogens is 4. The van der Waals surface area contributed by atoms with Gasteiger partial charge in [0.05, 0.1) is 12.9 Å². The Morgan fingerprint density at radius 1 is 1.22 bits per heavy atom. The summed E-state index contributed by atoms with van der Waals surface area (Å²) in [7, 11) is 3.81. The number of imidazole rings is 1. The van der Waals surface area contributed by atoms with E-state index in [1.54, 1.807) is 6.33 Å². The van der Waals surface area contributed by atoms with E-state index in [1.165, 1.54) is 6.33 Å². The minimum absolute atomic E-state index is 0.0583. The van der Waals surface area contributed by atoms with Gasteiger partial charge in [-0.1, -0.05) is 0 Å². The number of ether oxygens (including phenoxy) is 1. The Morgan fingerprint density at radius 2 is 2.00 bits per heavy atom. The summed E-state index contributed by atoms with van der Waals surface area (Å²) in [5.74, 6) is -0.429. The first-order chi connectivity index (χ1) is 15.3. The maximum absolute atomic E-state index is 11.9. The summed E-state index contributed by atoms with van der Waals surface area (Å²) in [5.41, 5.74) is 12.0. The van der Waals surface area contributed by atoms with Gasteiger partial charge in [0.15, 0.2) is 22.9 Å². The molecule has 0 aliphatic rings. The van der Waals surface area contributed by atoms with Crippen molar-refractivity contribution in [1.82, 2.24) is 24.8 Å². The molecular formula is C19H31N9O4. The lowest BCUT2D eigenvalue weighted by molar-refractivity contribution is -0.139. The number of rotatable bonds is 13. The average Bonchev–Trinajstić information content (AvgIpc) is 3.15. The Hall–Kier alpha value is -3.64. The summed E-state index contributed by atoms with van der Waals surface area (Å²) in [4.78, 5) is 41.8. The lowest BCUT2D eigenvalue weighted by Crippen LogP contribution is -2.41. The second-order valence-corrected chi connectivity index (χ2v) is 7.38. The number of nitrogens with two attached hydrogens (primary N) is 2. The van der Waals surface area contributed by atoms with Crippen LogP contribution in [0.25, 0.3) is 11.2 Å². The normalized spacial score (nSPS) is 11.7. The molecule has 0 radical (unpaired) electrons. The van der Waals surface area contributed by atoms with Crippen LogP contribution in [0, 0.1) is 0 Å². The van der Waals surface area contributed by atoms with E-state index in [9.17, 15) is 14.7 Å². The zero-order valence-electron chi connectivity index (χ0n) is 18.4. The van der Waals surface area contributed by atoms with Gasteiger partial charge in [0, 0.05) is 27.2 Å². The third-order valence-electron chi connectivity index (χ3n) is 4.62.